The van der Waals surface area contributed by atoms with Crippen LogP contribution in [0.4, 0.5) is 5.13 Å². The maximum absolute atomic E-state index is 12.7. The zero-order valence-electron chi connectivity index (χ0n) is 20.0. The molecule has 1 amide bonds. The van der Waals surface area contributed by atoms with Crippen LogP contribution in [0, 0.1) is 12.8 Å². The Bertz CT molecular complexity index is 1460. The number of hydrogen-bond donors (Lipinski definition) is 2. The van der Waals surface area contributed by atoms with Crippen LogP contribution in [0.1, 0.15) is 51.4 Å². The molecule has 0 radical (unpaired) electrons. The lowest BCUT2D eigenvalue weighted by molar-refractivity contribution is -0.116. The van der Waals surface area contributed by atoms with E-state index in [4.69, 9.17) is 0 Å². The molecule has 0 aliphatic carbocycles. The quantitative estimate of drug-likeness (QED) is 0.376. The number of aromatic nitrogens is 5. The summed E-state index contributed by atoms with van der Waals surface area (Å²) in [5, 5.41) is 3.44. The molecule has 1 aromatic carbocycles. The highest BCUT2D eigenvalue weighted by Gasteiger charge is 2.20. The first-order valence-electron chi connectivity index (χ1n) is 11.7. The molecule has 0 spiro atoms. The van der Waals surface area contributed by atoms with Gasteiger partial charge in [0.15, 0.2) is 16.3 Å². The molecule has 3 heterocycles. The number of anilines is 1. The fourth-order valence-electron chi connectivity index (χ4n) is 3.99. The van der Waals surface area contributed by atoms with E-state index < -0.39 is 11.2 Å². The van der Waals surface area contributed by atoms with Crippen molar-refractivity contribution in [2.45, 2.75) is 66.5 Å². The van der Waals surface area contributed by atoms with Gasteiger partial charge in [0, 0.05) is 25.9 Å². The molecule has 0 saturated carbocycles. The zero-order chi connectivity index (χ0) is 24.4. The summed E-state index contributed by atoms with van der Waals surface area (Å²) in [6, 6.07) is 5.99. The molecule has 0 aliphatic heterocycles. The molecule has 180 valence electrons. The largest absolute Gasteiger partial charge is 0.330 e. The molecule has 4 aromatic rings. The number of aryl methyl sites for hydroxylation is 3. The monoisotopic (exact) mass is 482 g/mol. The van der Waals surface area contributed by atoms with Gasteiger partial charge in [-0.15, -0.1) is 0 Å². The number of amides is 1. The van der Waals surface area contributed by atoms with Crippen molar-refractivity contribution in [2.75, 3.05) is 5.32 Å². The zero-order valence-corrected chi connectivity index (χ0v) is 20.8. The first-order chi connectivity index (χ1) is 16.3. The van der Waals surface area contributed by atoms with E-state index in [1.807, 2.05) is 36.6 Å². The van der Waals surface area contributed by atoms with E-state index in [1.54, 1.807) is 0 Å². The number of unbranched alkanes of at least 4 members (excludes halogenated alkanes) is 1. The van der Waals surface area contributed by atoms with Crippen molar-refractivity contribution in [1.29, 1.82) is 0 Å². The lowest BCUT2D eigenvalue weighted by Gasteiger charge is -2.11. The van der Waals surface area contributed by atoms with E-state index in [2.05, 4.69) is 34.1 Å². The summed E-state index contributed by atoms with van der Waals surface area (Å²) in [7, 11) is 0. The Hall–Kier alpha value is -3.27. The van der Waals surface area contributed by atoms with Crippen LogP contribution in [-0.2, 0) is 24.3 Å². The van der Waals surface area contributed by atoms with Crippen molar-refractivity contribution >= 4 is 43.8 Å². The van der Waals surface area contributed by atoms with E-state index in [0.717, 1.165) is 28.6 Å². The molecular weight excluding hydrogens is 452 g/mol. The van der Waals surface area contributed by atoms with Gasteiger partial charge in [0.25, 0.3) is 5.56 Å². The van der Waals surface area contributed by atoms with Crippen molar-refractivity contribution in [3.8, 4) is 0 Å². The average molecular weight is 483 g/mol. The van der Waals surface area contributed by atoms with Crippen LogP contribution < -0.4 is 16.6 Å². The van der Waals surface area contributed by atoms with Crippen LogP contribution in [0.2, 0.25) is 0 Å². The van der Waals surface area contributed by atoms with Crippen LogP contribution in [0.25, 0.3) is 21.4 Å². The van der Waals surface area contributed by atoms with Gasteiger partial charge in [0.1, 0.15) is 5.82 Å². The fourth-order valence-corrected chi connectivity index (χ4v) is 4.97. The minimum absolute atomic E-state index is 0.170. The number of carbonyl (C=O) groups excluding carboxylic acids is 1. The van der Waals surface area contributed by atoms with Crippen molar-refractivity contribution in [1.82, 2.24) is 24.1 Å². The molecule has 0 fully saturated rings. The molecule has 0 aliphatic rings. The number of benzene rings is 1. The Morgan fingerprint density at radius 3 is 2.74 bits per heavy atom. The van der Waals surface area contributed by atoms with Crippen LogP contribution >= 0.6 is 11.3 Å². The molecule has 0 atom stereocenters. The topological polar surface area (TPSA) is 115 Å². The van der Waals surface area contributed by atoms with E-state index in [0.29, 0.717) is 41.6 Å². The first-order valence-corrected chi connectivity index (χ1v) is 12.5. The summed E-state index contributed by atoms with van der Waals surface area (Å²) >= 11 is 1.44. The van der Waals surface area contributed by atoms with Crippen LogP contribution in [0.5, 0.6) is 0 Å². The average Bonchev–Trinajstić information content (AvgIpc) is 3.32. The van der Waals surface area contributed by atoms with Gasteiger partial charge in [-0.05, 0) is 37.0 Å². The van der Waals surface area contributed by atoms with Crippen molar-refractivity contribution in [3.63, 3.8) is 0 Å². The molecule has 3 aromatic heterocycles. The molecule has 10 heteroatoms. The summed E-state index contributed by atoms with van der Waals surface area (Å²) in [5.41, 5.74) is 1.89. The number of nitrogens with one attached hydrogen (secondary N) is 2. The number of fused-ring (bicyclic) bond motifs is 2. The van der Waals surface area contributed by atoms with Crippen LogP contribution in [0.15, 0.2) is 27.8 Å². The Kier molecular flexibility index (Phi) is 6.97. The van der Waals surface area contributed by atoms with Gasteiger partial charge < -0.3 is 9.88 Å². The fraction of sp³-hybridized carbons (Fsp3) is 0.458. The SMILES string of the molecule is CCCCn1c(=O)[nH]c(=O)c2c1nc(CCC(=O)Nc1nc3ccc(C)cc3s1)n2CC(C)C. The number of carbonyl (C=O) groups is 1. The summed E-state index contributed by atoms with van der Waals surface area (Å²) in [6.07, 6.45) is 2.25. The number of thiazole rings is 1. The van der Waals surface area contributed by atoms with E-state index in [1.165, 1.54) is 15.9 Å². The minimum atomic E-state index is -0.449. The second-order valence-corrected chi connectivity index (χ2v) is 10.0. The number of rotatable bonds is 9. The van der Waals surface area contributed by atoms with E-state index >= 15 is 0 Å². The predicted molar refractivity (Wildman–Crippen MR) is 136 cm³/mol. The number of aromatic amines is 1. The van der Waals surface area contributed by atoms with Crippen molar-refractivity contribution < 1.29 is 4.79 Å². The van der Waals surface area contributed by atoms with Crippen LogP contribution in [0.3, 0.4) is 0 Å². The van der Waals surface area contributed by atoms with Gasteiger partial charge in [0.2, 0.25) is 5.91 Å². The van der Waals surface area contributed by atoms with Gasteiger partial charge in [-0.1, -0.05) is 44.6 Å². The van der Waals surface area contributed by atoms with Crippen molar-refractivity contribution in [2.24, 2.45) is 5.92 Å². The third-order valence-electron chi connectivity index (χ3n) is 5.61. The Labute approximate surface area is 200 Å². The lowest BCUT2D eigenvalue weighted by atomic mass is 10.2. The number of H-pyrrole nitrogens is 1. The molecule has 0 saturated heterocycles. The van der Waals surface area contributed by atoms with E-state index in [-0.39, 0.29) is 18.2 Å². The molecule has 0 bridgehead atoms. The minimum Gasteiger partial charge on any atom is -0.322 e. The Morgan fingerprint density at radius 2 is 2.00 bits per heavy atom. The summed E-state index contributed by atoms with van der Waals surface area (Å²) in [4.78, 5) is 49.5. The summed E-state index contributed by atoms with van der Waals surface area (Å²) in [5.74, 6) is 0.711. The molecule has 34 heavy (non-hydrogen) atoms. The van der Waals surface area contributed by atoms with Gasteiger partial charge >= 0.3 is 5.69 Å². The van der Waals surface area contributed by atoms with E-state index in [9.17, 15) is 14.4 Å². The summed E-state index contributed by atoms with van der Waals surface area (Å²) in [6.45, 7) is 9.23. The van der Waals surface area contributed by atoms with Gasteiger partial charge in [-0.3, -0.25) is 19.1 Å². The Morgan fingerprint density at radius 1 is 1.21 bits per heavy atom. The maximum atomic E-state index is 12.7. The van der Waals surface area contributed by atoms with Crippen molar-refractivity contribution in [3.05, 3.63) is 50.4 Å². The van der Waals surface area contributed by atoms with Gasteiger partial charge in [-0.2, -0.15) is 0 Å². The number of hydrogen-bond acceptors (Lipinski definition) is 6. The predicted octanol–water partition coefficient (Wildman–Crippen LogP) is 3.83. The van der Waals surface area contributed by atoms with Gasteiger partial charge in [0.05, 0.1) is 10.2 Å². The smallest absolute Gasteiger partial charge is 0.322 e. The normalized spacial score (nSPS) is 11.7. The summed E-state index contributed by atoms with van der Waals surface area (Å²) < 4.78 is 4.41. The first kappa shape index (κ1) is 23.9. The standard InChI is InChI=1S/C24H30N6O3S/c1-5-6-11-29-21-20(22(32)28-24(29)33)30(13-14(2)3)18(26-21)9-10-19(31)27-23-25-16-8-7-15(4)12-17(16)34-23/h7-8,12,14H,5-6,9-11,13H2,1-4H3,(H,25,27,31)(H,28,32,33). The third-order valence-corrected chi connectivity index (χ3v) is 6.55. The lowest BCUT2D eigenvalue weighted by Crippen LogP contribution is -2.31. The maximum Gasteiger partial charge on any atom is 0.330 e. The molecule has 2 N–H and O–H groups in total. The highest BCUT2D eigenvalue weighted by atomic mass is 32.1. The highest BCUT2D eigenvalue weighted by Crippen LogP contribution is 2.27. The third kappa shape index (κ3) is 4.96. The second kappa shape index (κ2) is 9.92. The van der Waals surface area contributed by atoms with Gasteiger partial charge in [-0.25, -0.2) is 14.8 Å². The molecular formula is C24H30N6O3S. The highest BCUT2D eigenvalue weighted by molar-refractivity contribution is 7.22. The Balaban J connectivity index is 1.60. The van der Waals surface area contributed by atoms with Crippen LogP contribution in [-0.4, -0.2) is 30.0 Å². The molecule has 4 rings (SSSR count). The molecule has 0 unspecified atom stereocenters. The number of imidazole rings is 1. The number of nitrogens with zero attached hydrogens (tertiary/aromatic N) is 4. The molecule has 9 nitrogen and oxygen atoms in total. The second-order valence-electron chi connectivity index (χ2n) is 9.01.